The maximum Gasteiger partial charge on any atom is 0.126 e. The van der Waals surface area contributed by atoms with E-state index in [0.29, 0.717) is 6.04 Å². The van der Waals surface area contributed by atoms with E-state index in [1.165, 1.54) is 49.3 Å². The minimum absolute atomic E-state index is 0.411. The van der Waals surface area contributed by atoms with Crippen molar-refractivity contribution in [2.45, 2.75) is 51.1 Å². The number of hydrogen-bond acceptors (Lipinski definition) is 4. The highest BCUT2D eigenvalue weighted by Crippen LogP contribution is 2.34. The summed E-state index contributed by atoms with van der Waals surface area (Å²) in [6.07, 6.45) is 9.16. The molecule has 0 radical (unpaired) electrons. The van der Waals surface area contributed by atoms with Gasteiger partial charge in [-0.15, -0.1) is 0 Å². The fraction of sp³-hybridized carbons (Fsp3) is 0.579. The number of aromatic nitrogens is 3. The number of hydrogen-bond donors (Lipinski definition) is 0. The molecule has 24 heavy (non-hydrogen) atoms. The zero-order valence-electron chi connectivity index (χ0n) is 14.7. The first kappa shape index (κ1) is 15.6. The van der Waals surface area contributed by atoms with E-state index in [9.17, 15) is 0 Å². The third kappa shape index (κ3) is 2.81. The molecule has 5 nitrogen and oxygen atoms in total. The van der Waals surface area contributed by atoms with E-state index in [1.807, 2.05) is 18.3 Å². The van der Waals surface area contributed by atoms with Crippen LogP contribution in [0.15, 0.2) is 18.3 Å². The van der Waals surface area contributed by atoms with E-state index in [-0.39, 0.29) is 0 Å². The topological polar surface area (TPSA) is 43.2 Å². The van der Waals surface area contributed by atoms with E-state index in [4.69, 9.17) is 9.72 Å². The van der Waals surface area contributed by atoms with Gasteiger partial charge in [0.05, 0.1) is 24.5 Å². The number of imidazole rings is 1. The van der Waals surface area contributed by atoms with Crippen LogP contribution in [0.25, 0.3) is 0 Å². The lowest BCUT2D eigenvalue weighted by molar-refractivity contribution is 0.233. The highest BCUT2D eigenvalue weighted by atomic mass is 16.5. The van der Waals surface area contributed by atoms with Crippen LogP contribution >= 0.6 is 0 Å². The molecule has 128 valence electrons. The van der Waals surface area contributed by atoms with Crippen LogP contribution in [0, 0.1) is 0 Å². The largest absolute Gasteiger partial charge is 0.497 e. The molecule has 1 aliphatic heterocycles. The van der Waals surface area contributed by atoms with Gasteiger partial charge in [-0.05, 0) is 51.1 Å². The van der Waals surface area contributed by atoms with Gasteiger partial charge in [0.25, 0.3) is 0 Å². The maximum atomic E-state index is 5.33. The van der Waals surface area contributed by atoms with Crippen LogP contribution in [0.3, 0.4) is 0 Å². The number of aryl methyl sites for hydroxylation is 1. The number of pyridine rings is 1. The first-order valence-corrected chi connectivity index (χ1v) is 9.03. The molecule has 2 aromatic rings. The molecule has 2 aliphatic rings. The van der Waals surface area contributed by atoms with Gasteiger partial charge in [-0.3, -0.25) is 9.88 Å². The predicted molar refractivity (Wildman–Crippen MR) is 93.0 cm³/mol. The molecule has 0 aromatic carbocycles. The molecular formula is C19H26N4O. The van der Waals surface area contributed by atoms with Crippen molar-refractivity contribution in [2.75, 3.05) is 13.7 Å². The van der Waals surface area contributed by atoms with Gasteiger partial charge in [-0.25, -0.2) is 4.98 Å². The second kappa shape index (κ2) is 6.55. The van der Waals surface area contributed by atoms with Gasteiger partial charge < -0.3 is 9.30 Å². The fourth-order valence-corrected chi connectivity index (χ4v) is 4.19. The van der Waals surface area contributed by atoms with Crippen LogP contribution in [0.1, 0.15) is 54.6 Å². The lowest BCUT2D eigenvalue weighted by Crippen LogP contribution is -2.25. The second-order valence-corrected chi connectivity index (χ2v) is 6.95. The molecule has 1 aliphatic carbocycles. The first-order chi connectivity index (χ1) is 11.8. The van der Waals surface area contributed by atoms with Crippen LogP contribution < -0.4 is 4.74 Å². The predicted octanol–water partition coefficient (Wildman–Crippen LogP) is 3.04. The number of rotatable bonds is 4. The third-order valence-corrected chi connectivity index (χ3v) is 5.46. The normalized spacial score (nSPS) is 21.0. The summed E-state index contributed by atoms with van der Waals surface area (Å²) in [6.45, 7) is 1.97. The van der Waals surface area contributed by atoms with Crippen molar-refractivity contribution in [3.8, 4) is 5.75 Å². The average Bonchev–Trinajstić information content (AvgIpc) is 3.20. The minimum atomic E-state index is 0.411. The molecule has 0 saturated carbocycles. The van der Waals surface area contributed by atoms with Crippen LogP contribution in [0.2, 0.25) is 0 Å². The lowest BCUT2D eigenvalue weighted by Gasteiger charge is -2.24. The Morgan fingerprint density at radius 3 is 2.96 bits per heavy atom. The minimum Gasteiger partial charge on any atom is -0.497 e. The number of methoxy groups -OCH3 is 1. The Hall–Kier alpha value is -1.88. The molecule has 0 spiro atoms. The molecular weight excluding hydrogens is 300 g/mol. The molecule has 1 atom stereocenters. The average molecular weight is 326 g/mol. The van der Waals surface area contributed by atoms with Crippen molar-refractivity contribution in [3.63, 3.8) is 0 Å². The SMILES string of the molecule is COc1ccnc(CN2CCC[C@H]2c2nc3c(n2C)CCCC3)c1. The molecule has 1 fully saturated rings. The second-order valence-electron chi connectivity index (χ2n) is 6.95. The summed E-state index contributed by atoms with van der Waals surface area (Å²) in [4.78, 5) is 12.1. The van der Waals surface area contributed by atoms with E-state index in [2.05, 4.69) is 21.5 Å². The Morgan fingerprint density at radius 1 is 1.25 bits per heavy atom. The van der Waals surface area contributed by atoms with Crippen molar-refractivity contribution in [1.82, 2.24) is 19.4 Å². The van der Waals surface area contributed by atoms with Gasteiger partial charge in [0.2, 0.25) is 0 Å². The molecule has 5 heteroatoms. The van der Waals surface area contributed by atoms with Crippen molar-refractivity contribution in [1.29, 1.82) is 0 Å². The fourth-order valence-electron chi connectivity index (χ4n) is 4.19. The smallest absolute Gasteiger partial charge is 0.126 e. The molecule has 3 heterocycles. The monoisotopic (exact) mass is 326 g/mol. The van der Waals surface area contributed by atoms with Gasteiger partial charge >= 0.3 is 0 Å². The number of nitrogens with zero attached hydrogens (tertiary/aromatic N) is 4. The summed E-state index contributed by atoms with van der Waals surface area (Å²) in [7, 11) is 3.91. The van der Waals surface area contributed by atoms with Crippen molar-refractivity contribution < 1.29 is 4.74 Å². The highest BCUT2D eigenvalue weighted by Gasteiger charge is 2.31. The van der Waals surface area contributed by atoms with Gasteiger partial charge in [0, 0.05) is 31.5 Å². The summed E-state index contributed by atoms with van der Waals surface area (Å²) in [5.41, 5.74) is 3.87. The summed E-state index contributed by atoms with van der Waals surface area (Å²) in [5.74, 6) is 2.13. The standard InChI is InChI=1S/C19H26N4O/c1-22-17-7-4-3-6-16(17)21-19(22)18-8-5-11-23(18)13-14-12-15(24-2)9-10-20-14/h9-10,12,18H,3-8,11,13H2,1-2H3/t18-/m0/s1. The Bertz CT molecular complexity index is 724. The molecule has 2 aromatic heterocycles. The quantitative estimate of drug-likeness (QED) is 0.866. The van der Waals surface area contributed by atoms with Crippen LogP contribution in [-0.2, 0) is 26.4 Å². The lowest BCUT2D eigenvalue weighted by atomic mass is 10.0. The van der Waals surface area contributed by atoms with E-state index in [1.54, 1.807) is 7.11 Å². The molecule has 1 saturated heterocycles. The van der Waals surface area contributed by atoms with Crippen LogP contribution in [0.4, 0.5) is 0 Å². The first-order valence-electron chi connectivity index (χ1n) is 9.03. The van der Waals surface area contributed by atoms with E-state index >= 15 is 0 Å². The van der Waals surface area contributed by atoms with Gasteiger partial charge in [0.1, 0.15) is 11.6 Å². The Balaban J connectivity index is 1.57. The van der Waals surface area contributed by atoms with Crippen LogP contribution in [-0.4, -0.2) is 33.1 Å². The maximum absolute atomic E-state index is 5.33. The molecule has 0 amide bonds. The zero-order valence-corrected chi connectivity index (χ0v) is 14.7. The number of ether oxygens (including phenoxy) is 1. The van der Waals surface area contributed by atoms with E-state index in [0.717, 1.165) is 31.0 Å². The van der Waals surface area contributed by atoms with Crippen molar-refractivity contribution in [3.05, 3.63) is 41.2 Å². The molecule has 0 N–H and O–H groups in total. The molecule has 0 bridgehead atoms. The number of likely N-dealkylation sites (tertiary alicyclic amines) is 1. The Labute approximate surface area is 143 Å². The van der Waals surface area contributed by atoms with Crippen LogP contribution in [0.5, 0.6) is 5.75 Å². The summed E-state index contributed by atoms with van der Waals surface area (Å²) in [6, 6.07) is 4.35. The summed E-state index contributed by atoms with van der Waals surface area (Å²) >= 11 is 0. The van der Waals surface area contributed by atoms with Gasteiger partial charge in [0.15, 0.2) is 0 Å². The molecule has 4 rings (SSSR count). The number of fused-ring (bicyclic) bond motifs is 1. The van der Waals surface area contributed by atoms with Gasteiger partial charge in [-0.1, -0.05) is 0 Å². The van der Waals surface area contributed by atoms with Gasteiger partial charge in [-0.2, -0.15) is 0 Å². The summed E-state index contributed by atoms with van der Waals surface area (Å²) in [5, 5.41) is 0. The van der Waals surface area contributed by atoms with Crippen molar-refractivity contribution >= 4 is 0 Å². The van der Waals surface area contributed by atoms with Crippen molar-refractivity contribution in [2.24, 2.45) is 7.05 Å². The third-order valence-electron chi connectivity index (χ3n) is 5.46. The van der Waals surface area contributed by atoms with E-state index < -0.39 is 0 Å². The highest BCUT2D eigenvalue weighted by molar-refractivity contribution is 5.24. The Morgan fingerprint density at radius 2 is 2.12 bits per heavy atom. The summed E-state index contributed by atoms with van der Waals surface area (Å²) < 4.78 is 7.70. The zero-order chi connectivity index (χ0) is 16.5. The Kier molecular flexibility index (Phi) is 4.27. The molecule has 0 unspecified atom stereocenters.